The average molecular weight is 352 g/mol. The molecule has 2 radical (unpaired) electrons. The minimum atomic E-state index is -0.417. The van der Waals surface area contributed by atoms with Crippen LogP contribution in [-0.2, 0) is 4.79 Å². The van der Waals surface area contributed by atoms with E-state index in [9.17, 15) is 14.0 Å². The molecule has 4 N–H and O–H groups in total. The zero-order chi connectivity index (χ0) is 18.8. The molecule has 1 aliphatic heterocycles. The number of carbonyl (C=O) groups is 2. The number of rotatable bonds is 5. The molecule has 6 nitrogen and oxygen atoms in total. The zero-order valence-corrected chi connectivity index (χ0v) is 14.5. The van der Waals surface area contributed by atoms with Crippen molar-refractivity contribution in [2.45, 2.75) is 13.8 Å². The number of hydrogen-bond acceptors (Lipinski definition) is 3. The monoisotopic (exact) mass is 352 g/mol. The maximum Gasteiger partial charge on any atom is 0.256 e. The van der Waals surface area contributed by atoms with E-state index in [2.05, 4.69) is 20.8 Å². The Morgan fingerprint density at radius 1 is 1.31 bits per heavy atom. The third kappa shape index (κ3) is 3.28. The van der Waals surface area contributed by atoms with Crippen molar-refractivity contribution < 1.29 is 14.0 Å². The van der Waals surface area contributed by atoms with Gasteiger partial charge in [-0.3, -0.25) is 9.59 Å². The van der Waals surface area contributed by atoms with Crippen molar-refractivity contribution in [2.24, 2.45) is 0 Å². The summed E-state index contributed by atoms with van der Waals surface area (Å²) in [6, 6.07) is 4.14. The molecule has 0 unspecified atom stereocenters. The highest BCUT2D eigenvalue weighted by Gasteiger charge is 2.26. The summed E-state index contributed by atoms with van der Waals surface area (Å²) in [6.07, 6.45) is 1.64. The van der Waals surface area contributed by atoms with E-state index >= 15 is 0 Å². The van der Waals surface area contributed by atoms with E-state index in [0.29, 0.717) is 52.4 Å². The Balaban J connectivity index is 1.96. The Kier molecular flexibility index (Phi) is 4.95. The molecule has 1 aromatic heterocycles. The van der Waals surface area contributed by atoms with Gasteiger partial charge in [0.25, 0.3) is 11.8 Å². The zero-order valence-electron chi connectivity index (χ0n) is 14.5. The largest absolute Gasteiger partial charge is 0.365 e. The molecule has 0 spiro atoms. The molecule has 0 aliphatic carbocycles. The quantitative estimate of drug-likeness (QED) is 0.375. The van der Waals surface area contributed by atoms with Gasteiger partial charge in [0, 0.05) is 35.7 Å². The Morgan fingerprint density at radius 2 is 2.08 bits per heavy atom. The smallest absolute Gasteiger partial charge is 0.256 e. The summed E-state index contributed by atoms with van der Waals surface area (Å²) >= 11 is 0. The van der Waals surface area contributed by atoms with Crippen LogP contribution >= 0.6 is 0 Å². The van der Waals surface area contributed by atoms with Crippen LogP contribution in [0.2, 0.25) is 0 Å². The number of nitrogens with one attached hydrogen (secondary N) is 4. The van der Waals surface area contributed by atoms with Crippen LogP contribution in [0, 0.1) is 19.7 Å². The molecule has 0 fully saturated rings. The molecule has 2 amide bonds. The van der Waals surface area contributed by atoms with Crippen LogP contribution in [0.4, 0.5) is 10.1 Å². The lowest BCUT2D eigenvalue weighted by Crippen LogP contribution is -2.31. The highest BCUT2D eigenvalue weighted by atomic mass is 19.1. The van der Waals surface area contributed by atoms with E-state index in [1.165, 1.54) is 18.2 Å². The molecule has 1 aliphatic rings. The van der Waals surface area contributed by atoms with Gasteiger partial charge in [-0.25, -0.2) is 4.39 Å². The number of fused-ring (bicyclic) bond motifs is 1. The van der Waals surface area contributed by atoms with Gasteiger partial charge < -0.3 is 20.8 Å². The number of amides is 2. The van der Waals surface area contributed by atoms with E-state index in [0.717, 1.165) is 0 Å². The first kappa shape index (κ1) is 17.9. The van der Waals surface area contributed by atoms with Crippen molar-refractivity contribution in [3.63, 3.8) is 0 Å². The second kappa shape index (κ2) is 7.17. The molecule has 3 rings (SSSR count). The number of halogens is 1. The summed E-state index contributed by atoms with van der Waals surface area (Å²) in [5.41, 5.74) is 3.97. The van der Waals surface area contributed by atoms with Crippen LogP contribution in [0.1, 0.15) is 32.9 Å². The summed E-state index contributed by atoms with van der Waals surface area (Å²) < 4.78 is 13.6. The molecule has 26 heavy (non-hydrogen) atoms. The first-order valence-corrected chi connectivity index (χ1v) is 8.16. The standard InChI is InChI=1S/C18H18BFN4O2/c1-9-15(23-10(2)16(9)18(26)21-5-6-22-19)8-13-12-7-11(20)3-4-14(12)24-17(13)25/h3-4,7-8,22-23H,5-6H2,1-2H3,(H,21,26)(H,24,25)/b13-8-. The fraction of sp³-hybridized carbons (Fsp3) is 0.222. The highest BCUT2D eigenvalue weighted by molar-refractivity contribution is 6.34. The fourth-order valence-corrected chi connectivity index (χ4v) is 3.04. The van der Waals surface area contributed by atoms with E-state index in [-0.39, 0.29) is 11.8 Å². The topological polar surface area (TPSA) is 86.0 Å². The Labute approximate surface area is 151 Å². The van der Waals surface area contributed by atoms with Gasteiger partial charge in [-0.15, -0.1) is 0 Å². The third-order valence-electron chi connectivity index (χ3n) is 4.31. The van der Waals surface area contributed by atoms with Crippen molar-refractivity contribution in [1.82, 2.24) is 15.5 Å². The van der Waals surface area contributed by atoms with Crippen LogP contribution in [0.3, 0.4) is 0 Å². The summed E-state index contributed by atoms with van der Waals surface area (Å²) in [6.45, 7) is 4.43. The molecule has 1 aromatic carbocycles. The summed E-state index contributed by atoms with van der Waals surface area (Å²) in [4.78, 5) is 27.7. The van der Waals surface area contributed by atoms with Crippen molar-refractivity contribution in [1.29, 1.82) is 0 Å². The first-order valence-electron chi connectivity index (χ1n) is 8.16. The Morgan fingerprint density at radius 3 is 2.81 bits per heavy atom. The van der Waals surface area contributed by atoms with Crippen LogP contribution in [0.5, 0.6) is 0 Å². The van der Waals surface area contributed by atoms with E-state index in [1.807, 2.05) is 0 Å². The normalized spacial score (nSPS) is 14.4. The molecule has 132 valence electrons. The molecular weight excluding hydrogens is 334 g/mol. The molecule has 0 atom stereocenters. The van der Waals surface area contributed by atoms with Gasteiger partial charge in [0.15, 0.2) is 7.98 Å². The van der Waals surface area contributed by atoms with Gasteiger partial charge in [0.05, 0.1) is 11.1 Å². The predicted octanol–water partition coefficient (Wildman–Crippen LogP) is 1.67. The third-order valence-corrected chi connectivity index (χ3v) is 4.31. The average Bonchev–Trinajstić information content (AvgIpc) is 3.04. The van der Waals surface area contributed by atoms with Crippen molar-refractivity contribution >= 4 is 37.1 Å². The predicted molar refractivity (Wildman–Crippen MR) is 99.3 cm³/mol. The van der Waals surface area contributed by atoms with Crippen LogP contribution < -0.4 is 15.9 Å². The first-order chi connectivity index (χ1) is 12.4. The van der Waals surface area contributed by atoms with Crippen molar-refractivity contribution in [3.8, 4) is 0 Å². The molecule has 0 saturated heterocycles. The second-order valence-electron chi connectivity index (χ2n) is 6.08. The lowest BCUT2D eigenvalue weighted by atomic mass is 10.0. The number of aromatic nitrogens is 1. The molecular formula is C18H18BFN4O2. The molecule has 2 heterocycles. The fourth-order valence-electron chi connectivity index (χ4n) is 3.04. The number of carbonyl (C=O) groups excluding carboxylic acids is 2. The minimum absolute atomic E-state index is 0.224. The number of aryl methyl sites for hydroxylation is 1. The van der Waals surface area contributed by atoms with Gasteiger partial charge in [0.1, 0.15) is 5.82 Å². The highest BCUT2D eigenvalue weighted by Crippen LogP contribution is 2.34. The number of H-pyrrole nitrogens is 1. The maximum atomic E-state index is 13.6. The van der Waals surface area contributed by atoms with Gasteiger partial charge in [-0.1, -0.05) is 0 Å². The molecule has 0 saturated carbocycles. The van der Waals surface area contributed by atoms with Gasteiger partial charge >= 0.3 is 0 Å². The number of benzene rings is 1. The Hall–Kier alpha value is -2.87. The summed E-state index contributed by atoms with van der Waals surface area (Å²) in [7, 11) is 5.19. The van der Waals surface area contributed by atoms with Crippen molar-refractivity contribution in [3.05, 3.63) is 52.1 Å². The molecule has 8 heteroatoms. The number of hydrogen-bond donors (Lipinski definition) is 4. The van der Waals surface area contributed by atoms with Crippen LogP contribution in [-0.4, -0.2) is 37.9 Å². The maximum absolute atomic E-state index is 13.6. The van der Waals surface area contributed by atoms with E-state index in [4.69, 9.17) is 7.98 Å². The number of aromatic amines is 1. The van der Waals surface area contributed by atoms with E-state index in [1.54, 1.807) is 19.9 Å². The summed E-state index contributed by atoms with van der Waals surface area (Å²) in [5, 5.41) is 7.95. The van der Waals surface area contributed by atoms with Gasteiger partial charge in [-0.05, 0) is 43.7 Å². The second-order valence-corrected chi connectivity index (χ2v) is 6.08. The number of anilines is 1. The van der Waals surface area contributed by atoms with Crippen LogP contribution in [0.25, 0.3) is 11.6 Å². The van der Waals surface area contributed by atoms with Gasteiger partial charge in [-0.2, -0.15) is 0 Å². The SMILES string of the molecule is [B]NCCNC(=O)c1c(C)[nH]c(/C=C2\C(=O)Nc3ccc(F)cc32)c1C. The Bertz CT molecular complexity index is 920. The molecule has 0 bridgehead atoms. The van der Waals surface area contributed by atoms with Crippen molar-refractivity contribution in [2.75, 3.05) is 18.4 Å². The lowest BCUT2D eigenvalue weighted by Gasteiger charge is -2.05. The van der Waals surface area contributed by atoms with Crippen LogP contribution in [0.15, 0.2) is 18.2 Å². The summed E-state index contributed by atoms with van der Waals surface area (Å²) in [5.74, 6) is -0.949. The van der Waals surface area contributed by atoms with Gasteiger partial charge in [0.2, 0.25) is 0 Å². The minimum Gasteiger partial charge on any atom is -0.365 e. The lowest BCUT2D eigenvalue weighted by molar-refractivity contribution is -0.110. The van der Waals surface area contributed by atoms with E-state index < -0.39 is 5.82 Å². The molecule has 2 aromatic rings.